The normalized spacial score (nSPS) is 17.6. The number of pyridine rings is 6. The second-order valence-electron chi connectivity index (χ2n) is 37.6. The standard InChI is InChI=1S/C21H24BN4O3.C18H20N4O2.C17H19N3.C16H15ClN2O2.C13H18BN4O.C8H9ClN2.C6H11BrO2.C5H13BN2O.CH2O3.ClH.2K.H/c27-16-22-26-12-10-24(11-13-26)20-7-6-18-14-25(9-8-19(18)23-20)21(28)29-15-17-4-2-1-3-5-17;1-12-9-21(10-13(2)22(12)11-17(23)24)16-6-5-14(8-19)18-15(16)4-3-7-20-18;1-12-8-13(2)11-20(10-12)16-6-5-14(9-18)17-15(16)4-3-7-19-17;17-15-7-6-13-10-19(9-8-14(13)18-15)16(20)21-11-12-4-2-1-3-5-12;19-10-14-18-7-5-17(6-8-18)13-2-1-11-9-15-4-3-12(11)16-13;9-8-2-1-6-5-10-4-3-7(6)11-8;1-6(2,3)9-5(8)4-7;1-6(9)8-4-2-7-3-5-8;2-1-4-3;;;;/h1-7,16H,8-15H2;3-7,12-13H,9-11H2,1-2H3,(H,23,24);3-7,12-13H,8,10-11H2,1-2H3;1-7H,8-11H2;1-2,10,15H,3-9H2;1-2,10H,3-5H2;4H2,1-3H3;7,9H,2-5H2,1H3;1,3H;1H;;;/q;;;;;;;;;;2*+1;-1/p-1/t;2*12-,13+;;;;;;;;;;. The third-order valence-corrected chi connectivity index (χ3v) is 26.4. The van der Waals surface area contributed by atoms with E-state index >= 15 is 0 Å². The zero-order valence-corrected chi connectivity index (χ0v) is 96.8. The number of carbonyl (C=O) groups excluding carboxylic acids is 6. The van der Waals surface area contributed by atoms with E-state index in [1.165, 1.54) is 28.9 Å². The quantitative estimate of drug-likeness (QED) is 0.0109. The summed E-state index contributed by atoms with van der Waals surface area (Å²) in [5.74, 6) is 2.45. The van der Waals surface area contributed by atoms with E-state index in [-0.39, 0.29) is 184 Å². The Bertz CT molecular complexity index is 6000. The fraction of sp³-hybridized carbons (Fsp3) is 0.438. The number of aliphatic carboxylic acids is 1. The minimum atomic E-state index is -0.796. The van der Waals surface area contributed by atoms with Crippen LogP contribution in [0.4, 0.5) is 32.6 Å². The van der Waals surface area contributed by atoms with Gasteiger partial charge in [0.05, 0.1) is 54.2 Å². The van der Waals surface area contributed by atoms with Crippen molar-refractivity contribution >= 4 is 161 Å². The summed E-state index contributed by atoms with van der Waals surface area (Å²) in [5.41, 5.74) is 15.7. The molecule has 10 aromatic rings. The first-order valence-electron chi connectivity index (χ1n) is 49.4. The van der Waals surface area contributed by atoms with Crippen LogP contribution in [-0.2, 0) is 108 Å². The smallest absolute Gasteiger partial charge is 1.00 e. The summed E-state index contributed by atoms with van der Waals surface area (Å²) in [6.45, 7) is 37.2. The van der Waals surface area contributed by atoms with Gasteiger partial charge in [0, 0.05) is 239 Å². The third-order valence-electron chi connectivity index (χ3n) is 25.5. The average molecular weight is 2210 g/mol. The monoisotopic (exact) mass is 2210 g/mol. The summed E-state index contributed by atoms with van der Waals surface area (Å²) < 4.78 is 15.7. The number of alkyl halides is 1. The number of piperidine rings is 1. The van der Waals surface area contributed by atoms with Crippen molar-refractivity contribution in [3.05, 3.63) is 248 Å². The van der Waals surface area contributed by atoms with E-state index in [0.717, 1.165) is 235 Å². The molecule has 9 aliphatic rings. The molecule has 35 nitrogen and oxygen atoms in total. The zero-order valence-electron chi connectivity index (χ0n) is 87.7. The number of hydrogen-bond donors (Lipinski definition) is 5. The van der Waals surface area contributed by atoms with E-state index < -0.39 is 5.97 Å². The maximum atomic E-state index is 12.4. The Morgan fingerprint density at radius 3 is 1.34 bits per heavy atom. The van der Waals surface area contributed by atoms with Crippen molar-refractivity contribution in [2.75, 3.05) is 162 Å². The zero-order chi connectivity index (χ0) is 104. The Kier molecular flexibility index (Phi) is 55.3. The molecule has 6 aromatic heterocycles. The molecule has 0 aliphatic carbocycles. The molecule has 0 bridgehead atoms. The second-order valence-corrected chi connectivity index (χ2v) is 38.9. The maximum absolute atomic E-state index is 12.4. The summed E-state index contributed by atoms with van der Waals surface area (Å²) in [4.78, 5) is 126. The predicted molar refractivity (Wildman–Crippen MR) is 579 cm³/mol. The minimum absolute atomic E-state index is 0. The number of fused-ring (bicyclic) bond motifs is 6. The summed E-state index contributed by atoms with van der Waals surface area (Å²) in [6, 6.07) is 55.6. The van der Waals surface area contributed by atoms with Gasteiger partial charge in [-0.25, -0.2) is 29.5 Å². The number of piperazine rings is 4. The van der Waals surface area contributed by atoms with Crippen molar-refractivity contribution in [1.29, 1.82) is 10.5 Å². The van der Waals surface area contributed by atoms with E-state index in [1.54, 1.807) is 43.1 Å². The molecule has 5 fully saturated rings. The van der Waals surface area contributed by atoms with Crippen molar-refractivity contribution in [2.45, 2.75) is 144 Å². The Morgan fingerprint density at radius 2 is 0.946 bits per heavy atom. The molecular weight excluding hydrogens is 2080 g/mol. The molecule has 5 N–H and O–H groups in total. The summed E-state index contributed by atoms with van der Waals surface area (Å²) in [6.07, 6.45) is 9.31. The van der Waals surface area contributed by atoms with Gasteiger partial charge in [0.15, 0.2) is 0 Å². The largest absolute Gasteiger partial charge is 1.00 e. The van der Waals surface area contributed by atoms with E-state index in [1.807, 2.05) is 159 Å². The number of ether oxygens (including phenoxy) is 3. The summed E-state index contributed by atoms with van der Waals surface area (Å²) in [5, 5.41) is 58.4. The number of esters is 1. The van der Waals surface area contributed by atoms with Crippen LogP contribution >= 0.6 is 51.5 Å². The van der Waals surface area contributed by atoms with Gasteiger partial charge in [0.2, 0.25) is 0 Å². The third kappa shape index (κ3) is 40.2. The topological polar surface area (TPSA) is 413 Å². The predicted octanol–water partition coefficient (Wildman–Crippen LogP) is 5.56. The van der Waals surface area contributed by atoms with Crippen molar-refractivity contribution in [1.82, 2.24) is 75.0 Å². The molecule has 0 unspecified atom stereocenters. The number of benzene rings is 4. The molecule has 0 spiro atoms. The number of rotatable bonds is 17. The molecule has 4 atom stereocenters. The number of halogens is 4. The number of aromatic nitrogens is 6. The molecule has 9 aliphatic heterocycles. The second kappa shape index (κ2) is 65.7. The molecule has 4 aromatic carbocycles. The van der Waals surface area contributed by atoms with Crippen LogP contribution in [0.25, 0.3) is 21.8 Å². The van der Waals surface area contributed by atoms with E-state index in [2.05, 4.69) is 156 Å². The van der Waals surface area contributed by atoms with Gasteiger partial charge in [0.1, 0.15) is 58.2 Å². The number of nitrogens with zero attached hydrogens (tertiary/aromatic N) is 18. The Labute approximate surface area is 986 Å². The van der Waals surface area contributed by atoms with E-state index in [0.29, 0.717) is 78.0 Å². The van der Waals surface area contributed by atoms with Gasteiger partial charge in [-0.2, -0.15) is 10.5 Å². The number of hydrogen-bond acceptors (Lipinski definition) is 32. The summed E-state index contributed by atoms with van der Waals surface area (Å²) >= 11 is 14.6. The van der Waals surface area contributed by atoms with Crippen LogP contribution in [0.15, 0.2) is 170 Å². The molecule has 0 saturated carbocycles. The van der Waals surface area contributed by atoms with Crippen LogP contribution in [0, 0.1) is 34.5 Å². The molecule has 15 heterocycles. The average Bonchev–Trinajstić information content (AvgIpc) is 0.780. The number of amides is 2. The van der Waals surface area contributed by atoms with Crippen LogP contribution in [0.1, 0.15) is 124 Å². The van der Waals surface area contributed by atoms with Crippen molar-refractivity contribution in [3.8, 4) is 12.1 Å². The molecular formula is C105H132B3BrCl3K2N21O14. The van der Waals surface area contributed by atoms with Gasteiger partial charge in [-0.15, -0.1) is 12.4 Å². The first-order chi connectivity index (χ1) is 70.5. The maximum Gasteiger partial charge on any atom is 1.00 e. The number of anilines is 4. The Morgan fingerprint density at radius 1 is 0.537 bits per heavy atom. The van der Waals surface area contributed by atoms with Gasteiger partial charge in [-0.05, 0) is 166 Å². The Balaban J connectivity index is 0.000000235. The fourth-order valence-corrected chi connectivity index (χ4v) is 18.9. The van der Waals surface area contributed by atoms with Crippen molar-refractivity contribution in [2.24, 2.45) is 11.8 Å². The van der Waals surface area contributed by atoms with Crippen LogP contribution in [-0.4, -0.2) is 294 Å². The molecule has 19 rings (SSSR count). The van der Waals surface area contributed by atoms with Gasteiger partial charge < -0.3 is 105 Å². The van der Waals surface area contributed by atoms with E-state index in [4.69, 9.17) is 67.6 Å². The molecule has 44 heteroatoms. The van der Waals surface area contributed by atoms with Gasteiger partial charge >= 0.3 is 134 Å². The first-order valence-corrected chi connectivity index (χ1v) is 51.2. The van der Waals surface area contributed by atoms with Gasteiger partial charge in [-0.1, -0.05) is 138 Å². The Hall–Kier alpha value is -8.77. The summed E-state index contributed by atoms with van der Waals surface area (Å²) in [7, 11) is 2.96. The molecule has 149 heavy (non-hydrogen) atoms. The number of carbonyl (C=O) groups is 7. The van der Waals surface area contributed by atoms with Gasteiger partial charge in [0.25, 0.3) is 21.3 Å². The number of nitrogens with one attached hydrogen (secondary N) is 3. The van der Waals surface area contributed by atoms with Crippen LogP contribution in [0.3, 0.4) is 0 Å². The number of carboxylic acids is 1. The molecule has 2 radical (unpaired) electrons. The number of nitriles is 2. The molecule has 780 valence electrons. The molecule has 2 amide bonds. The minimum Gasteiger partial charge on any atom is -1.00 e. The van der Waals surface area contributed by atoms with Crippen molar-refractivity contribution < 1.29 is 172 Å². The van der Waals surface area contributed by atoms with Crippen LogP contribution in [0.5, 0.6) is 0 Å². The molecule has 5 saturated heterocycles. The number of carboxylic acid groups (broad SMARTS) is 1. The SMILES string of the molecule is CB(O)N1CCNCC1.CC(C)(C)OC(=O)CBr.C[C@@H]1CN(c2ccc(C#N)c3ncccc23)C[C@H](C)N1CC(=O)O.C[C@@H]1C[C@H](C)CN(c2ccc(C#N)c3ncccc23)C1.Cl.Clc1ccc2c(n1)CCNC2.O=C(OCc1ccccc1)N1CCc2nc(Cl)ccc2C1.O=CO[O-].O=C[B]N1CCN(c2ccc3c(n2)CCN(C(=O)OCc2ccccc2)C3)CC1.O=C[B]N1CCN(c2ccc3c(n2)CCNC3)CC1.[H-].[K+].[K+]. The van der Waals surface area contributed by atoms with Gasteiger partial charge in [-0.3, -0.25) is 29.3 Å². The van der Waals surface area contributed by atoms with Crippen LogP contribution < -0.4 is 144 Å². The first kappa shape index (κ1) is 125. The van der Waals surface area contributed by atoms with E-state index in [9.17, 15) is 39.3 Å². The van der Waals surface area contributed by atoms with Crippen molar-refractivity contribution in [3.63, 3.8) is 0 Å². The van der Waals surface area contributed by atoms with Crippen LogP contribution in [0.2, 0.25) is 17.1 Å². The fourth-order valence-electron chi connectivity index (χ4n) is 18.4.